The Hall–Kier alpha value is -1.91. The molecule has 2 amide bonds. The Morgan fingerprint density at radius 2 is 1.75 bits per heavy atom. The van der Waals surface area contributed by atoms with Crippen molar-refractivity contribution < 1.29 is 4.79 Å². The third kappa shape index (κ3) is 3.77. The second kappa shape index (κ2) is 7.32. The number of aryl methyl sites for hydroxylation is 1. The second-order valence-electron chi connectivity index (χ2n) is 5.81. The highest BCUT2D eigenvalue weighted by Gasteiger charge is 2.22. The Labute approximate surface area is 152 Å². The van der Waals surface area contributed by atoms with Gasteiger partial charge in [0, 0.05) is 36.9 Å². The lowest BCUT2D eigenvalue weighted by Crippen LogP contribution is -2.50. The standard InChI is InChI=1S/C18H19Cl2N3O/c1-13-4-2-3-5-17(13)22-8-10-23(11-9-22)18(24)21-16-7-6-14(19)12-15(16)20/h2-7,12H,8-11H2,1H3,(H,21,24). The van der Waals surface area contributed by atoms with E-state index in [0.29, 0.717) is 28.8 Å². The average Bonchev–Trinajstić information content (AvgIpc) is 2.58. The number of hydrogen-bond donors (Lipinski definition) is 1. The molecule has 0 atom stereocenters. The molecule has 1 aliphatic heterocycles. The number of hydrogen-bond acceptors (Lipinski definition) is 2. The van der Waals surface area contributed by atoms with Gasteiger partial charge in [-0.3, -0.25) is 0 Å². The Kier molecular flexibility index (Phi) is 5.17. The van der Waals surface area contributed by atoms with Crippen LogP contribution in [0.15, 0.2) is 42.5 Å². The first kappa shape index (κ1) is 16.9. The Morgan fingerprint density at radius 3 is 2.42 bits per heavy atom. The lowest BCUT2D eigenvalue weighted by molar-refractivity contribution is 0.208. The minimum Gasteiger partial charge on any atom is -0.368 e. The van der Waals surface area contributed by atoms with Gasteiger partial charge in [0.2, 0.25) is 0 Å². The number of rotatable bonds is 2. The molecule has 0 bridgehead atoms. The van der Waals surface area contributed by atoms with Gasteiger partial charge in [-0.15, -0.1) is 0 Å². The summed E-state index contributed by atoms with van der Waals surface area (Å²) in [6.45, 7) is 5.08. The molecule has 1 fully saturated rings. The highest BCUT2D eigenvalue weighted by molar-refractivity contribution is 6.36. The third-order valence-electron chi connectivity index (χ3n) is 4.20. The van der Waals surface area contributed by atoms with E-state index in [2.05, 4.69) is 29.3 Å². The molecule has 0 spiro atoms. The van der Waals surface area contributed by atoms with Gasteiger partial charge in [-0.05, 0) is 36.8 Å². The molecule has 1 aliphatic rings. The van der Waals surface area contributed by atoms with E-state index in [4.69, 9.17) is 23.2 Å². The lowest BCUT2D eigenvalue weighted by atomic mass is 10.1. The number of benzene rings is 2. The normalized spacial score (nSPS) is 14.6. The minimum absolute atomic E-state index is 0.136. The summed E-state index contributed by atoms with van der Waals surface area (Å²) < 4.78 is 0. The maximum atomic E-state index is 12.4. The molecule has 24 heavy (non-hydrogen) atoms. The predicted octanol–water partition coefficient (Wildman–Crippen LogP) is 4.66. The molecule has 2 aromatic rings. The topological polar surface area (TPSA) is 35.6 Å². The number of anilines is 2. The zero-order chi connectivity index (χ0) is 17.1. The number of carbonyl (C=O) groups is 1. The fraction of sp³-hybridized carbons (Fsp3) is 0.278. The van der Waals surface area contributed by atoms with Crippen molar-refractivity contribution in [3.8, 4) is 0 Å². The number of carbonyl (C=O) groups excluding carboxylic acids is 1. The molecule has 0 aromatic heterocycles. The zero-order valence-electron chi connectivity index (χ0n) is 13.4. The molecular weight excluding hydrogens is 345 g/mol. The number of amides is 2. The molecule has 0 radical (unpaired) electrons. The maximum absolute atomic E-state index is 12.4. The van der Waals surface area contributed by atoms with E-state index in [1.165, 1.54) is 11.3 Å². The molecule has 6 heteroatoms. The number of nitrogens with one attached hydrogen (secondary N) is 1. The molecule has 1 heterocycles. The number of piperazine rings is 1. The van der Waals surface area contributed by atoms with Crippen LogP contribution in [0.1, 0.15) is 5.56 Å². The third-order valence-corrected chi connectivity index (χ3v) is 4.74. The Bertz CT molecular complexity index is 743. The highest BCUT2D eigenvalue weighted by Crippen LogP contribution is 2.26. The van der Waals surface area contributed by atoms with E-state index in [1.54, 1.807) is 23.1 Å². The summed E-state index contributed by atoms with van der Waals surface area (Å²) in [5.41, 5.74) is 3.06. The van der Waals surface area contributed by atoms with Crippen LogP contribution in [0.4, 0.5) is 16.2 Å². The number of urea groups is 1. The highest BCUT2D eigenvalue weighted by atomic mass is 35.5. The lowest BCUT2D eigenvalue weighted by Gasteiger charge is -2.36. The largest absolute Gasteiger partial charge is 0.368 e. The number of para-hydroxylation sites is 1. The molecule has 0 saturated carbocycles. The Balaban J connectivity index is 1.60. The molecule has 0 unspecified atom stereocenters. The molecule has 3 rings (SSSR count). The molecule has 1 N–H and O–H groups in total. The van der Waals surface area contributed by atoms with Crippen LogP contribution in [0.25, 0.3) is 0 Å². The second-order valence-corrected chi connectivity index (χ2v) is 6.66. The van der Waals surface area contributed by atoms with E-state index in [-0.39, 0.29) is 6.03 Å². The van der Waals surface area contributed by atoms with E-state index < -0.39 is 0 Å². The first-order valence-corrected chi connectivity index (χ1v) is 8.62. The van der Waals surface area contributed by atoms with Gasteiger partial charge in [0.25, 0.3) is 0 Å². The average molecular weight is 364 g/mol. The summed E-state index contributed by atoms with van der Waals surface area (Å²) in [6, 6.07) is 13.2. The van der Waals surface area contributed by atoms with Crippen molar-refractivity contribution in [2.45, 2.75) is 6.92 Å². The number of halogens is 2. The van der Waals surface area contributed by atoms with Gasteiger partial charge in [0.05, 0.1) is 10.7 Å². The smallest absolute Gasteiger partial charge is 0.322 e. The Morgan fingerprint density at radius 1 is 1.04 bits per heavy atom. The molecule has 1 saturated heterocycles. The summed E-state index contributed by atoms with van der Waals surface area (Å²) >= 11 is 12.0. The van der Waals surface area contributed by atoms with Gasteiger partial charge in [0.15, 0.2) is 0 Å². The maximum Gasteiger partial charge on any atom is 0.322 e. The quantitative estimate of drug-likeness (QED) is 0.842. The SMILES string of the molecule is Cc1ccccc1N1CCN(C(=O)Nc2ccc(Cl)cc2Cl)CC1. The first-order chi connectivity index (χ1) is 11.5. The van der Waals surface area contributed by atoms with E-state index in [0.717, 1.165) is 13.1 Å². The van der Waals surface area contributed by atoms with Crippen molar-refractivity contribution in [2.24, 2.45) is 0 Å². The molecule has 126 valence electrons. The summed E-state index contributed by atoms with van der Waals surface area (Å²) in [7, 11) is 0. The monoisotopic (exact) mass is 363 g/mol. The van der Waals surface area contributed by atoms with Gasteiger partial charge in [-0.1, -0.05) is 41.4 Å². The van der Waals surface area contributed by atoms with Crippen LogP contribution in [0.5, 0.6) is 0 Å². The van der Waals surface area contributed by atoms with Gasteiger partial charge < -0.3 is 15.1 Å². The van der Waals surface area contributed by atoms with Gasteiger partial charge in [-0.2, -0.15) is 0 Å². The number of nitrogens with zero attached hydrogens (tertiary/aromatic N) is 2. The van der Waals surface area contributed by atoms with Crippen molar-refractivity contribution in [3.63, 3.8) is 0 Å². The van der Waals surface area contributed by atoms with Crippen molar-refractivity contribution in [1.82, 2.24) is 4.90 Å². The first-order valence-electron chi connectivity index (χ1n) is 7.86. The zero-order valence-corrected chi connectivity index (χ0v) is 14.9. The summed E-state index contributed by atoms with van der Waals surface area (Å²) in [6.07, 6.45) is 0. The van der Waals surface area contributed by atoms with E-state index in [1.807, 2.05) is 12.1 Å². The van der Waals surface area contributed by atoms with Crippen molar-refractivity contribution >= 4 is 40.6 Å². The van der Waals surface area contributed by atoms with Crippen molar-refractivity contribution in [3.05, 3.63) is 58.1 Å². The van der Waals surface area contributed by atoms with Gasteiger partial charge in [-0.25, -0.2) is 4.79 Å². The molecule has 4 nitrogen and oxygen atoms in total. The fourth-order valence-electron chi connectivity index (χ4n) is 2.85. The van der Waals surface area contributed by atoms with E-state index >= 15 is 0 Å². The van der Waals surface area contributed by atoms with Crippen LogP contribution in [0, 0.1) is 6.92 Å². The van der Waals surface area contributed by atoms with Gasteiger partial charge in [0.1, 0.15) is 0 Å². The summed E-state index contributed by atoms with van der Waals surface area (Å²) in [5, 5.41) is 3.84. The summed E-state index contributed by atoms with van der Waals surface area (Å²) in [4.78, 5) is 16.5. The van der Waals surface area contributed by atoms with Crippen LogP contribution < -0.4 is 10.2 Å². The van der Waals surface area contributed by atoms with E-state index in [9.17, 15) is 4.79 Å². The van der Waals surface area contributed by atoms with Crippen LogP contribution in [-0.4, -0.2) is 37.1 Å². The van der Waals surface area contributed by atoms with Crippen molar-refractivity contribution in [2.75, 3.05) is 36.4 Å². The van der Waals surface area contributed by atoms with Crippen LogP contribution in [0.3, 0.4) is 0 Å². The molecule has 0 aliphatic carbocycles. The van der Waals surface area contributed by atoms with Crippen molar-refractivity contribution in [1.29, 1.82) is 0 Å². The minimum atomic E-state index is -0.136. The fourth-order valence-corrected chi connectivity index (χ4v) is 3.31. The molecular formula is C18H19Cl2N3O. The van der Waals surface area contributed by atoms with Crippen LogP contribution in [0.2, 0.25) is 10.0 Å². The van der Waals surface area contributed by atoms with Crippen LogP contribution in [-0.2, 0) is 0 Å². The van der Waals surface area contributed by atoms with Crippen LogP contribution >= 0.6 is 23.2 Å². The van der Waals surface area contributed by atoms with Gasteiger partial charge >= 0.3 is 6.03 Å². The summed E-state index contributed by atoms with van der Waals surface area (Å²) in [5.74, 6) is 0. The predicted molar refractivity (Wildman–Crippen MR) is 100 cm³/mol. The molecule has 2 aromatic carbocycles.